The van der Waals surface area contributed by atoms with Crippen molar-refractivity contribution in [2.24, 2.45) is 7.05 Å². The predicted molar refractivity (Wildman–Crippen MR) is 93.3 cm³/mol. The van der Waals surface area contributed by atoms with Crippen molar-refractivity contribution in [2.75, 3.05) is 5.32 Å². The maximum Gasteiger partial charge on any atom is 0.263 e. The molecule has 0 aliphatic carbocycles. The lowest BCUT2D eigenvalue weighted by Gasteiger charge is -2.07. The molecule has 0 aliphatic heterocycles. The number of aromatic amines is 1. The highest BCUT2D eigenvalue weighted by Crippen LogP contribution is 2.17. The lowest BCUT2D eigenvalue weighted by Crippen LogP contribution is -2.18. The molecule has 0 aliphatic rings. The van der Waals surface area contributed by atoms with E-state index in [1.807, 2.05) is 5.38 Å². The number of thiophene rings is 1. The van der Waals surface area contributed by atoms with Gasteiger partial charge in [0.15, 0.2) is 5.65 Å². The van der Waals surface area contributed by atoms with Crippen molar-refractivity contribution in [1.82, 2.24) is 29.5 Å². The number of amides is 1. The van der Waals surface area contributed by atoms with Gasteiger partial charge in [-0.2, -0.15) is 31.2 Å². The van der Waals surface area contributed by atoms with Crippen LogP contribution in [-0.4, -0.2) is 35.4 Å². The van der Waals surface area contributed by atoms with E-state index in [2.05, 4.69) is 25.5 Å². The molecule has 0 radical (unpaired) electrons. The van der Waals surface area contributed by atoms with Gasteiger partial charge in [-0.15, -0.1) is 0 Å². The highest BCUT2D eigenvalue weighted by molar-refractivity contribution is 7.08. The molecule has 0 fully saturated rings. The minimum absolute atomic E-state index is 0.204. The lowest BCUT2D eigenvalue weighted by atomic mass is 10.3. The van der Waals surface area contributed by atoms with Gasteiger partial charge in [0.25, 0.3) is 11.5 Å². The average Bonchev–Trinajstić information content (AvgIpc) is 3.29. The second-order valence-electron chi connectivity index (χ2n) is 5.44. The van der Waals surface area contributed by atoms with E-state index in [9.17, 15) is 9.59 Å². The number of anilines is 1. The van der Waals surface area contributed by atoms with E-state index >= 15 is 0 Å². The number of nitrogens with one attached hydrogen (secondary N) is 2. The van der Waals surface area contributed by atoms with E-state index in [1.165, 1.54) is 26.9 Å². The molecular formula is C15H13N7O2S. The summed E-state index contributed by atoms with van der Waals surface area (Å²) in [4.78, 5) is 31.6. The van der Waals surface area contributed by atoms with E-state index in [4.69, 9.17) is 0 Å². The Morgan fingerprint density at radius 1 is 1.40 bits per heavy atom. The largest absolute Gasteiger partial charge is 0.306 e. The van der Waals surface area contributed by atoms with Gasteiger partial charge in [0.2, 0.25) is 5.95 Å². The Labute approximate surface area is 144 Å². The number of carbonyl (C=O) groups excluding carboxylic acids is 1. The molecule has 0 spiro atoms. The third-order valence-electron chi connectivity index (χ3n) is 3.65. The fourth-order valence-corrected chi connectivity index (χ4v) is 3.09. The van der Waals surface area contributed by atoms with Gasteiger partial charge in [0.1, 0.15) is 11.2 Å². The number of H-pyrrole nitrogens is 1. The molecule has 9 nitrogen and oxygen atoms in total. The molecule has 0 aromatic carbocycles. The van der Waals surface area contributed by atoms with Gasteiger partial charge < -0.3 is 5.32 Å². The summed E-state index contributed by atoms with van der Waals surface area (Å²) >= 11 is 1.44. The van der Waals surface area contributed by atoms with Crippen LogP contribution in [0.4, 0.5) is 5.82 Å². The van der Waals surface area contributed by atoms with Crippen LogP contribution in [0.3, 0.4) is 0 Å². The van der Waals surface area contributed by atoms with Crippen LogP contribution in [0.1, 0.15) is 16.1 Å². The minimum atomic E-state index is -0.323. The summed E-state index contributed by atoms with van der Waals surface area (Å²) in [5.74, 6) is 0.361. The first kappa shape index (κ1) is 15.3. The van der Waals surface area contributed by atoms with Crippen LogP contribution in [0.15, 0.2) is 33.9 Å². The Balaban J connectivity index is 1.80. The molecule has 0 unspecified atom stereocenters. The zero-order valence-corrected chi connectivity index (χ0v) is 14.2. The van der Waals surface area contributed by atoms with Crippen LogP contribution >= 0.6 is 11.3 Å². The normalized spacial score (nSPS) is 11.1. The summed E-state index contributed by atoms with van der Waals surface area (Å²) in [6.07, 6.45) is 1.46. The summed E-state index contributed by atoms with van der Waals surface area (Å²) in [5.41, 5.74) is 1.34. The Bertz CT molecular complexity index is 1140. The molecule has 4 rings (SSSR count). The van der Waals surface area contributed by atoms with Gasteiger partial charge in [-0.25, -0.2) is 0 Å². The number of hydrogen-bond donors (Lipinski definition) is 2. The fourth-order valence-electron chi connectivity index (χ4n) is 2.45. The SMILES string of the molecule is Cc1cc(NC(=O)c2ccsc2)n(-c2nc3c(cnn3C)c(=O)[nH]2)n1. The Morgan fingerprint density at radius 2 is 2.24 bits per heavy atom. The van der Waals surface area contributed by atoms with E-state index in [-0.39, 0.29) is 17.4 Å². The lowest BCUT2D eigenvalue weighted by molar-refractivity contribution is 0.102. The summed E-state index contributed by atoms with van der Waals surface area (Å²) in [5, 5.41) is 15.1. The van der Waals surface area contributed by atoms with Gasteiger partial charge >= 0.3 is 0 Å². The van der Waals surface area contributed by atoms with Crippen molar-refractivity contribution in [3.05, 3.63) is 50.7 Å². The Morgan fingerprint density at radius 3 is 3.00 bits per heavy atom. The van der Waals surface area contributed by atoms with Crippen LogP contribution in [0.25, 0.3) is 17.0 Å². The zero-order chi connectivity index (χ0) is 17.6. The van der Waals surface area contributed by atoms with E-state index in [0.717, 1.165) is 0 Å². The van der Waals surface area contributed by atoms with Crippen LogP contribution in [0.2, 0.25) is 0 Å². The molecule has 1 amide bonds. The summed E-state index contributed by atoms with van der Waals surface area (Å²) in [6.45, 7) is 1.79. The van der Waals surface area contributed by atoms with Crippen LogP contribution in [0.5, 0.6) is 0 Å². The van der Waals surface area contributed by atoms with Gasteiger partial charge in [-0.05, 0) is 18.4 Å². The molecule has 10 heteroatoms. The molecule has 126 valence electrons. The number of hydrogen-bond acceptors (Lipinski definition) is 6. The monoisotopic (exact) mass is 355 g/mol. The maximum absolute atomic E-state index is 12.3. The third-order valence-corrected chi connectivity index (χ3v) is 4.33. The topological polar surface area (TPSA) is 110 Å². The Hall–Kier alpha value is -3.27. The fraction of sp³-hybridized carbons (Fsp3) is 0.133. The molecule has 0 saturated heterocycles. The van der Waals surface area contributed by atoms with E-state index in [0.29, 0.717) is 28.1 Å². The second kappa shape index (κ2) is 5.67. The molecule has 4 aromatic heterocycles. The number of nitrogens with zero attached hydrogens (tertiary/aromatic N) is 5. The standard InChI is InChI=1S/C15H13N7O2S/c1-8-5-11(17-13(23)9-3-4-25-7-9)22(20-8)15-18-12-10(14(24)19-15)6-16-21(12)2/h3-7H,1-2H3,(H,17,23)(H,18,19,24). The number of carbonyl (C=O) groups is 1. The molecule has 25 heavy (non-hydrogen) atoms. The zero-order valence-electron chi connectivity index (χ0n) is 13.3. The van der Waals surface area contributed by atoms with Crippen LogP contribution in [0, 0.1) is 6.92 Å². The van der Waals surface area contributed by atoms with Crippen molar-refractivity contribution in [3.63, 3.8) is 0 Å². The highest BCUT2D eigenvalue weighted by Gasteiger charge is 2.16. The highest BCUT2D eigenvalue weighted by atomic mass is 32.1. The molecule has 0 atom stereocenters. The van der Waals surface area contributed by atoms with Crippen molar-refractivity contribution in [2.45, 2.75) is 6.92 Å². The average molecular weight is 355 g/mol. The summed E-state index contributed by atoms with van der Waals surface area (Å²) < 4.78 is 2.90. The maximum atomic E-state index is 12.3. The molecule has 2 N–H and O–H groups in total. The van der Waals surface area contributed by atoms with Crippen molar-refractivity contribution < 1.29 is 4.79 Å². The number of rotatable bonds is 3. The molecule has 4 heterocycles. The third kappa shape index (κ3) is 2.62. The van der Waals surface area contributed by atoms with Crippen molar-refractivity contribution in [1.29, 1.82) is 0 Å². The van der Waals surface area contributed by atoms with Gasteiger partial charge in [-0.1, -0.05) is 0 Å². The molecule has 0 bridgehead atoms. The smallest absolute Gasteiger partial charge is 0.263 e. The van der Waals surface area contributed by atoms with Crippen LogP contribution in [-0.2, 0) is 7.05 Å². The molecular weight excluding hydrogens is 342 g/mol. The minimum Gasteiger partial charge on any atom is -0.306 e. The first-order valence-corrected chi connectivity index (χ1v) is 8.30. The van der Waals surface area contributed by atoms with E-state index < -0.39 is 0 Å². The van der Waals surface area contributed by atoms with E-state index in [1.54, 1.807) is 31.5 Å². The summed E-state index contributed by atoms with van der Waals surface area (Å²) in [6, 6.07) is 3.44. The number of fused-ring (bicyclic) bond motifs is 1. The van der Waals surface area contributed by atoms with Crippen LogP contribution < -0.4 is 10.9 Å². The first-order chi connectivity index (χ1) is 12.0. The van der Waals surface area contributed by atoms with Crippen molar-refractivity contribution in [3.8, 4) is 5.95 Å². The first-order valence-electron chi connectivity index (χ1n) is 7.35. The van der Waals surface area contributed by atoms with Crippen molar-refractivity contribution >= 4 is 34.1 Å². The van der Waals surface area contributed by atoms with Gasteiger partial charge in [0, 0.05) is 18.5 Å². The second-order valence-corrected chi connectivity index (χ2v) is 6.22. The Kier molecular flexibility index (Phi) is 3.46. The summed E-state index contributed by atoms with van der Waals surface area (Å²) in [7, 11) is 1.70. The quantitative estimate of drug-likeness (QED) is 0.578. The van der Waals surface area contributed by atoms with Gasteiger partial charge in [-0.3, -0.25) is 19.3 Å². The molecule has 0 saturated carbocycles. The predicted octanol–water partition coefficient (Wildman–Crippen LogP) is 1.46. The molecule has 4 aromatic rings. The number of aryl methyl sites for hydroxylation is 2. The van der Waals surface area contributed by atoms with Gasteiger partial charge in [0.05, 0.1) is 17.5 Å². The number of aromatic nitrogens is 6.